The summed E-state index contributed by atoms with van der Waals surface area (Å²) >= 11 is 12.4. The molecule has 1 heterocycles. The van der Waals surface area contributed by atoms with Gasteiger partial charge in [-0.2, -0.15) is 0 Å². The summed E-state index contributed by atoms with van der Waals surface area (Å²) < 4.78 is 5.35. The first kappa shape index (κ1) is 26.0. The maximum atomic E-state index is 13.8. The van der Waals surface area contributed by atoms with Crippen LogP contribution >= 0.6 is 23.2 Å². The van der Waals surface area contributed by atoms with Crippen LogP contribution in [-0.2, 0) is 19.1 Å². The number of carbonyl (C=O) groups excluding carboxylic acids is 2. The van der Waals surface area contributed by atoms with Crippen LogP contribution in [0.3, 0.4) is 0 Å². The number of esters is 1. The number of ether oxygens (including phenoxy) is 1. The highest BCUT2D eigenvalue weighted by Crippen LogP contribution is 2.47. The summed E-state index contributed by atoms with van der Waals surface area (Å²) in [5.74, 6) is -2.96. The number of piperidine rings is 1. The molecule has 1 saturated heterocycles. The molecule has 1 N–H and O–H groups in total. The Bertz CT molecular complexity index is 1030. The molecular formula is C26H29Cl2NO5. The Morgan fingerprint density at radius 2 is 1.79 bits per heavy atom. The topological polar surface area (TPSA) is 83.9 Å². The molecule has 4 atom stereocenters. The van der Waals surface area contributed by atoms with Crippen LogP contribution < -0.4 is 0 Å². The van der Waals surface area contributed by atoms with Gasteiger partial charge in [0.1, 0.15) is 6.04 Å². The highest BCUT2D eigenvalue weighted by Gasteiger charge is 2.48. The van der Waals surface area contributed by atoms with E-state index in [-0.39, 0.29) is 24.9 Å². The molecule has 4 unspecified atom stereocenters. The van der Waals surface area contributed by atoms with E-state index in [2.05, 4.69) is 0 Å². The average Bonchev–Trinajstić information content (AvgIpc) is 2.79. The molecule has 1 aliphatic rings. The van der Waals surface area contributed by atoms with Gasteiger partial charge in [-0.3, -0.25) is 9.59 Å². The van der Waals surface area contributed by atoms with Crippen molar-refractivity contribution in [1.82, 2.24) is 4.90 Å². The predicted octanol–water partition coefficient (Wildman–Crippen LogP) is 5.87. The van der Waals surface area contributed by atoms with Crippen LogP contribution in [0, 0.1) is 5.92 Å². The SMILES string of the molecule is CCCC(C(=O)OCC)N1C(=O)C(CC(=O)O)CC(c2cccc(Cl)c2)C1c1ccc(Cl)cc1. The van der Waals surface area contributed by atoms with Crippen LogP contribution in [0.25, 0.3) is 0 Å². The van der Waals surface area contributed by atoms with Gasteiger partial charge in [0.25, 0.3) is 0 Å². The Morgan fingerprint density at radius 1 is 1.09 bits per heavy atom. The van der Waals surface area contributed by atoms with Crippen LogP contribution in [0.2, 0.25) is 10.0 Å². The third kappa shape index (κ3) is 5.91. The van der Waals surface area contributed by atoms with Gasteiger partial charge in [0, 0.05) is 21.9 Å². The van der Waals surface area contributed by atoms with Crippen molar-refractivity contribution in [2.75, 3.05) is 6.61 Å². The van der Waals surface area contributed by atoms with Gasteiger partial charge in [0.15, 0.2) is 0 Å². The van der Waals surface area contributed by atoms with Crippen molar-refractivity contribution >= 4 is 41.0 Å². The Balaban J connectivity index is 2.21. The largest absolute Gasteiger partial charge is 0.481 e. The lowest BCUT2D eigenvalue weighted by Crippen LogP contribution is -2.54. The number of carbonyl (C=O) groups is 3. The normalized spacial score (nSPS) is 21.2. The van der Waals surface area contributed by atoms with E-state index in [9.17, 15) is 19.5 Å². The summed E-state index contributed by atoms with van der Waals surface area (Å²) in [6, 6.07) is 13.2. The molecule has 0 saturated carbocycles. The van der Waals surface area contributed by atoms with Crippen LogP contribution in [0.4, 0.5) is 0 Å². The summed E-state index contributed by atoms with van der Waals surface area (Å²) in [4.78, 5) is 40.0. The number of aliphatic carboxylic acids is 1. The van der Waals surface area contributed by atoms with Crippen LogP contribution in [-0.4, -0.2) is 40.5 Å². The van der Waals surface area contributed by atoms with Crippen molar-refractivity contribution in [3.05, 3.63) is 69.7 Å². The molecule has 0 aliphatic carbocycles. The van der Waals surface area contributed by atoms with Gasteiger partial charge in [-0.1, -0.05) is 60.8 Å². The zero-order chi connectivity index (χ0) is 24.8. The van der Waals surface area contributed by atoms with Gasteiger partial charge in [-0.15, -0.1) is 0 Å². The average molecular weight is 506 g/mol. The summed E-state index contributed by atoms with van der Waals surface area (Å²) in [6.07, 6.45) is 1.04. The number of hydrogen-bond donors (Lipinski definition) is 1. The molecule has 6 nitrogen and oxygen atoms in total. The fourth-order valence-corrected chi connectivity index (χ4v) is 5.12. The van der Waals surface area contributed by atoms with E-state index in [0.29, 0.717) is 29.3 Å². The second kappa shape index (κ2) is 11.7. The minimum atomic E-state index is -1.06. The second-order valence-electron chi connectivity index (χ2n) is 8.49. The molecule has 0 radical (unpaired) electrons. The van der Waals surface area contributed by atoms with E-state index in [0.717, 1.165) is 11.1 Å². The highest BCUT2D eigenvalue weighted by molar-refractivity contribution is 6.30. The van der Waals surface area contributed by atoms with Crippen molar-refractivity contribution in [2.45, 2.75) is 57.5 Å². The predicted molar refractivity (Wildman–Crippen MR) is 131 cm³/mol. The quantitative estimate of drug-likeness (QED) is 0.430. The lowest BCUT2D eigenvalue weighted by atomic mass is 9.74. The maximum Gasteiger partial charge on any atom is 0.328 e. The van der Waals surface area contributed by atoms with Gasteiger partial charge >= 0.3 is 11.9 Å². The standard InChI is InChI=1S/C26H29Cl2NO5/c1-3-6-22(26(33)34-4-2)29-24(16-9-11-19(27)12-10-16)21(17-7-5-8-20(28)13-17)14-18(25(29)32)15-23(30)31/h5,7-13,18,21-22,24H,3-4,6,14-15H2,1-2H3,(H,30,31). The number of amides is 1. The molecule has 0 spiro atoms. The van der Waals surface area contributed by atoms with E-state index in [1.165, 1.54) is 0 Å². The Morgan fingerprint density at radius 3 is 2.38 bits per heavy atom. The molecule has 2 aromatic carbocycles. The number of carboxylic acids is 1. The van der Waals surface area contributed by atoms with Crippen molar-refractivity contribution in [3.8, 4) is 0 Å². The van der Waals surface area contributed by atoms with Crippen molar-refractivity contribution in [1.29, 1.82) is 0 Å². The number of hydrogen-bond acceptors (Lipinski definition) is 4. The van der Waals surface area contributed by atoms with Gasteiger partial charge in [-0.25, -0.2) is 4.79 Å². The molecule has 1 amide bonds. The van der Waals surface area contributed by atoms with Gasteiger partial charge < -0.3 is 14.7 Å². The van der Waals surface area contributed by atoms with E-state index in [4.69, 9.17) is 27.9 Å². The third-order valence-corrected chi connectivity index (χ3v) is 6.68. The fraction of sp³-hybridized carbons (Fsp3) is 0.423. The van der Waals surface area contributed by atoms with Crippen molar-refractivity contribution < 1.29 is 24.2 Å². The van der Waals surface area contributed by atoms with E-state index >= 15 is 0 Å². The van der Waals surface area contributed by atoms with Gasteiger partial charge in [-0.05, 0) is 55.2 Å². The molecule has 1 aliphatic heterocycles. The van der Waals surface area contributed by atoms with Crippen LogP contribution in [0.15, 0.2) is 48.5 Å². The van der Waals surface area contributed by atoms with E-state index < -0.39 is 29.9 Å². The summed E-state index contributed by atoms with van der Waals surface area (Å²) in [7, 11) is 0. The van der Waals surface area contributed by atoms with Gasteiger partial charge in [0.2, 0.25) is 5.91 Å². The summed E-state index contributed by atoms with van der Waals surface area (Å²) in [5.41, 5.74) is 1.68. The second-order valence-corrected chi connectivity index (χ2v) is 9.36. The first-order valence-electron chi connectivity index (χ1n) is 11.5. The molecule has 1 fully saturated rings. The maximum absolute atomic E-state index is 13.8. The minimum absolute atomic E-state index is 0.183. The Kier molecular flexibility index (Phi) is 8.97. The fourth-order valence-electron chi connectivity index (χ4n) is 4.80. The number of nitrogens with zero attached hydrogens (tertiary/aromatic N) is 1. The number of likely N-dealkylation sites (tertiary alicyclic amines) is 1. The molecular weight excluding hydrogens is 477 g/mol. The van der Waals surface area contributed by atoms with Crippen molar-refractivity contribution in [3.63, 3.8) is 0 Å². The summed E-state index contributed by atoms with van der Waals surface area (Å²) in [6.45, 7) is 3.84. The minimum Gasteiger partial charge on any atom is -0.481 e. The number of carboxylic acid groups (broad SMARTS) is 1. The number of halogens is 2. The van der Waals surface area contributed by atoms with Crippen LogP contribution in [0.1, 0.15) is 62.6 Å². The molecule has 8 heteroatoms. The van der Waals surface area contributed by atoms with Crippen molar-refractivity contribution in [2.24, 2.45) is 5.92 Å². The van der Waals surface area contributed by atoms with E-state index in [1.54, 1.807) is 30.0 Å². The molecule has 182 valence electrons. The first-order valence-corrected chi connectivity index (χ1v) is 12.2. The number of rotatable bonds is 9. The third-order valence-electron chi connectivity index (χ3n) is 6.19. The first-order chi connectivity index (χ1) is 16.3. The summed E-state index contributed by atoms with van der Waals surface area (Å²) in [5, 5.41) is 10.6. The molecule has 0 aromatic heterocycles. The zero-order valence-electron chi connectivity index (χ0n) is 19.2. The monoisotopic (exact) mass is 505 g/mol. The molecule has 0 bridgehead atoms. The lowest BCUT2D eigenvalue weighted by Gasteiger charge is -2.47. The molecule has 34 heavy (non-hydrogen) atoms. The number of benzene rings is 2. The Hall–Kier alpha value is -2.57. The zero-order valence-corrected chi connectivity index (χ0v) is 20.8. The highest BCUT2D eigenvalue weighted by atomic mass is 35.5. The molecule has 2 aromatic rings. The van der Waals surface area contributed by atoms with Crippen LogP contribution in [0.5, 0.6) is 0 Å². The lowest BCUT2D eigenvalue weighted by molar-refractivity contribution is -0.164. The van der Waals surface area contributed by atoms with E-state index in [1.807, 2.05) is 37.3 Å². The Labute approximate surface area is 209 Å². The smallest absolute Gasteiger partial charge is 0.328 e. The van der Waals surface area contributed by atoms with Gasteiger partial charge in [0.05, 0.1) is 19.1 Å². The molecule has 3 rings (SSSR count).